The second kappa shape index (κ2) is 12.2. The molecule has 0 aliphatic heterocycles. The minimum absolute atomic E-state index is 0.230. The van der Waals surface area contributed by atoms with Crippen molar-refractivity contribution < 1.29 is 19.1 Å². The Labute approximate surface area is 202 Å². The van der Waals surface area contributed by atoms with Crippen molar-refractivity contribution in [3.05, 3.63) is 94.0 Å². The number of methoxy groups -OCH3 is 1. The Morgan fingerprint density at radius 2 is 1.67 bits per heavy atom. The number of anilines is 1. The van der Waals surface area contributed by atoms with Gasteiger partial charge in [0.15, 0.2) is 0 Å². The van der Waals surface area contributed by atoms with Gasteiger partial charge in [-0.2, -0.15) is 0 Å². The van der Waals surface area contributed by atoms with E-state index in [1.54, 1.807) is 50.6 Å². The van der Waals surface area contributed by atoms with Gasteiger partial charge >= 0.3 is 0 Å². The molecular weight excluding hydrogens is 484 g/mol. The van der Waals surface area contributed by atoms with Crippen LogP contribution in [-0.2, 0) is 11.2 Å². The van der Waals surface area contributed by atoms with Crippen molar-refractivity contribution in [2.75, 3.05) is 38.8 Å². The molecule has 7 heteroatoms. The average Bonchev–Trinajstić information content (AvgIpc) is 2.84. The van der Waals surface area contributed by atoms with E-state index in [4.69, 9.17) is 9.47 Å². The molecule has 0 aliphatic rings. The Morgan fingerprint density at radius 1 is 0.939 bits per heavy atom. The average molecular weight is 511 g/mol. The molecule has 3 aromatic carbocycles. The molecule has 0 unspecified atom stereocenters. The summed E-state index contributed by atoms with van der Waals surface area (Å²) >= 11 is 3.42. The first-order chi connectivity index (χ1) is 16.0. The first kappa shape index (κ1) is 24.5. The molecule has 33 heavy (non-hydrogen) atoms. The maximum atomic E-state index is 13.4. The normalized spacial score (nSPS) is 10.5. The van der Waals surface area contributed by atoms with Crippen LogP contribution in [0.4, 0.5) is 5.69 Å². The van der Waals surface area contributed by atoms with Crippen LogP contribution in [0.3, 0.4) is 0 Å². The van der Waals surface area contributed by atoms with Gasteiger partial charge in [-0.15, -0.1) is 0 Å². The Hall–Kier alpha value is -3.16. The predicted molar refractivity (Wildman–Crippen MR) is 133 cm³/mol. The van der Waals surface area contributed by atoms with Gasteiger partial charge in [0.25, 0.3) is 11.8 Å². The fourth-order valence-electron chi connectivity index (χ4n) is 3.34. The first-order valence-corrected chi connectivity index (χ1v) is 11.4. The third-order valence-corrected chi connectivity index (χ3v) is 5.57. The number of carbonyl (C=O) groups excluding carboxylic acids is 2. The summed E-state index contributed by atoms with van der Waals surface area (Å²) in [5.41, 5.74) is 2.48. The molecule has 0 spiro atoms. The number of ether oxygens (including phenoxy) is 2. The quantitative estimate of drug-likeness (QED) is 0.400. The van der Waals surface area contributed by atoms with Crippen molar-refractivity contribution >= 4 is 33.4 Å². The van der Waals surface area contributed by atoms with E-state index in [2.05, 4.69) is 21.2 Å². The Kier molecular flexibility index (Phi) is 9.04. The van der Waals surface area contributed by atoms with E-state index in [9.17, 15) is 9.59 Å². The molecule has 0 bridgehead atoms. The topological polar surface area (TPSA) is 67.9 Å². The van der Waals surface area contributed by atoms with Gasteiger partial charge in [-0.25, -0.2) is 0 Å². The smallest absolute Gasteiger partial charge is 0.261 e. The van der Waals surface area contributed by atoms with Crippen LogP contribution >= 0.6 is 15.9 Å². The van der Waals surface area contributed by atoms with Gasteiger partial charge in [0.2, 0.25) is 0 Å². The van der Waals surface area contributed by atoms with E-state index in [1.807, 2.05) is 36.4 Å². The van der Waals surface area contributed by atoms with Crippen LogP contribution in [0.5, 0.6) is 5.75 Å². The van der Waals surface area contributed by atoms with Gasteiger partial charge in [-0.1, -0.05) is 58.4 Å². The number of benzene rings is 3. The highest BCUT2D eigenvalue weighted by Gasteiger charge is 2.22. The standard InChI is InChI=1S/C26H27BrN2O4/c1-29(26(31)22-18-20(27)12-13-24(22)33-17-16-32-2)23-11-7-6-10-21(23)25(30)28-15-14-19-8-4-3-5-9-19/h3-13,18H,14-17H2,1-2H3,(H,28,30). The van der Waals surface area contributed by atoms with Crippen LogP contribution in [0.1, 0.15) is 26.3 Å². The lowest BCUT2D eigenvalue weighted by Gasteiger charge is -2.22. The zero-order chi connectivity index (χ0) is 23.6. The Morgan fingerprint density at radius 3 is 2.42 bits per heavy atom. The molecule has 0 aliphatic carbocycles. The molecule has 0 saturated heterocycles. The van der Waals surface area contributed by atoms with E-state index >= 15 is 0 Å². The summed E-state index contributed by atoms with van der Waals surface area (Å²) in [5.74, 6) is -0.0582. The number of rotatable bonds is 10. The molecule has 0 saturated carbocycles. The minimum atomic E-state index is -0.284. The zero-order valence-electron chi connectivity index (χ0n) is 18.7. The third-order valence-electron chi connectivity index (χ3n) is 5.07. The number of nitrogens with zero attached hydrogens (tertiary/aromatic N) is 1. The molecule has 0 heterocycles. The van der Waals surface area contributed by atoms with Gasteiger partial charge in [-0.05, 0) is 42.3 Å². The number of para-hydroxylation sites is 1. The molecule has 2 amide bonds. The van der Waals surface area contributed by atoms with Crippen molar-refractivity contribution in [3.8, 4) is 5.75 Å². The van der Waals surface area contributed by atoms with Crippen molar-refractivity contribution in [2.24, 2.45) is 0 Å². The fourth-order valence-corrected chi connectivity index (χ4v) is 3.70. The van der Waals surface area contributed by atoms with E-state index < -0.39 is 0 Å². The number of halogens is 1. The summed E-state index contributed by atoms with van der Waals surface area (Å²) in [6.45, 7) is 1.23. The minimum Gasteiger partial charge on any atom is -0.490 e. The van der Waals surface area contributed by atoms with Crippen LogP contribution in [0.25, 0.3) is 0 Å². The molecule has 0 fully saturated rings. The Balaban J connectivity index is 1.76. The van der Waals surface area contributed by atoms with E-state index in [0.29, 0.717) is 42.3 Å². The fraction of sp³-hybridized carbons (Fsp3) is 0.231. The molecule has 1 N–H and O–H groups in total. The van der Waals surface area contributed by atoms with Gasteiger partial charge < -0.3 is 19.7 Å². The number of amides is 2. The van der Waals surface area contributed by atoms with Crippen molar-refractivity contribution in [2.45, 2.75) is 6.42 Å². The highest BCUT2D eigenvalue weighted by atomic mass is 79.9. The summed E-state index contributed by atoms with van der Waals surface area (Å²) in [5, 5.41) is 2.95. The maximum Gasteiger partial charge on any atom is 0.261 e. The van der Waals surface area contributed by atoms with Crippen LogP contribution in [0.2, 0.25) is 0 Å². The van der Waals surface area contributed by atoms with Crippen molar-refractivity contribution in [1.82, 2.24) is 5.32 Å². The number of hydrogen-bond acceptors (Lipinski definition) is 4. The molecule has 0 radical (unpaired) electrons. The number of nitrogens with one attached hydrogen (secondary N) is 1. The zero-order valence-corrected chi connectivity index (χ0v) is 20.3. The van der Waals surface area contributed by atoms with Crippen molar-refractivity contribution in [3.63, 3.8) is 0 Å². The summed E-state index contributed by atoms with van der Waals surface area (Å²) in [4.78, 5) is 27.8. The van der Waals surface area contributed by atoms with Crippen LogP contribution in [-0.4, -0.2) is 45.7 Å². The second-order valence-corrected chi connectivity index (χ2v) is 8.27. The van der Waals surface area contributed by atoms with Gasteiger partial charge in [-0.3, -0.25) is 9.59 Å². The molecule has 3 aromatic rings. The molecule has 0 aromatic heterocycles. The number of carbonyl (C=O) groups is 2. The van der Waals surface area contributed by atoms with E-state index in [-0.39, 0.29) is 11.8 Å². The van der Waals surface area contributed by atoms with Gasteiger partial charge in [0.05, 0.1) is 23.4 Å². The van der Waals surface area contributed by atoms with Crippen LogP contribution in [0.15, 0.2) is 77.3 Å². The summed E-state index contributed by atoms with van der Waals surface area (Å²) in [6, 6.07) is 22.3. The van der Waals surface area contributed by atoms with Crippen LogP contribution < -0.4 is 15.0 Å². The molecule has 6 nitrogen and oxygen atoms in total. The molecule has 0 atom stereocenters. The monoisotopic (exact) mass is 510 g/mol. The Bertz CT molecular complexity index is 1090. The van der Waals surface area contributed by atoms with E-state index in [1.165, 1.54) is 4.90 Å². The predicted octanol–water partition coefficient (Wildman–Crippen LogP) is 4.72. The SMILES string of the molecule is COCCOc1ccc(Br)cc1C(=O)N(C)c1ccccc1C(=O)NCCc1ccccc1. The highest BCUT2D eigenvalue weighted by molar-refractivity contribution is 9.10. The second-order valence-electron chi connectivity index (χ2n) is 7.35. The van der Waals surface area contributed by atoms with E-state index in [0.717, 1.165) is 16.5 Å². The molecular formula is C26H27BrN2O4. The highest BCUT2D eigenvalue weighted by Crippen LogP contribution is 2.28. The lowest BCUT2D eigenvalue weighted by Crippen LogP contribution is -2.31. The third kappa shape index (κ3) is 6.66. The molecule has 3 rings (SSSR count). The van der Waals surface area contributed by atoms with Crippen LogP contribution in [0, 0.1) is 0 Å². The first-order valence-electron chi connectivity index (χ1n) is 10.6. The lowest BCUT2D eigenvalue weighted by atomic mass is 10.1. The number of hydrogen-bond donors (Lipinski definition) is 1. The van der Waals surface area contributed by atoms with Gasteiger partial charge in [0, 0.05) is 25.2 Å². The van der Waals surface area contributed by atoms with Gasteiger partial charge in [0.1, 0.15) is 12.4 Å². The maximum absolute atomic E-state index is 13.4. The van der Waals surface area contributed by atoms with Crippen molar-refractivity contribution in [1.29, 1.82) is 0 Å². The summed E-state index contributed by atoms with van der Waals surface area (Å²) in [7, 11) is 3.24. The largest absolute Gasteiger partial charge is 0.490 e. The summed E-state index contributed by atoms with van der Waals surface area (Å²) in [6.07, 6.45) is 0.726. The lowest BCUT2D eigenvalue weighted by molar-refractivity contribution is 0.0954. The summed E-state index contributed by atoms with van der Waals surface area (Å²) < 4.78 is 11.5. The molecule has 172 valence electrons.